The molecule has 1 aromatic carbocycles. The topological polar surface area (TPSA) is 82.3 Å². The fraction of sp³-hybridized carbons (Fsp3) is 0.0714. The van der Waals surface area contributed by atoms with Gasteiger partial charge in [-0.1, -0.05) is 12.1 Å². The molecule has 96 valence electrons. The molecular formula is C14H12N2O3. The normalized spacial score (nSPS) is 9.95. The van der Waals surface area contributed by atoms with Gasteiger partial charge in [-0.15, -0.1) is 0 Å². The van der Waals surface area contributed by atoms with Gasteiger partial charge in [0, 0.05) is 6.20 Å². The summed E-state index contributed by atoms with van der Waals surface area (Å²) in [5.41, 5.74) is 5.85. The van der Waals surface area contributed by atoms with Crippen LogP contribution in [0.15, 0.2) is 42.6 Å². The highest BCUT2D eigenvalue weighted by Gasteiger charge is 2.14. The van der Waals surface area contributed by atoms with E-state index in [1.54, 1.807) is 36.4 Å². The molecule has 5 heteroatoms. The number of nitrogens with zero attached hydrogens (tertiary/aromatic N) is 1. The highest BCUT2D eigenvalue weighted by molar-refractivity contribution is 5.97. The molecule has 0 radical (unpaired) electrons. The molecule has 0 saturated carbocycles. The number of hydrogen-bond donors (Lipinski definition) is 1. The molecule has 1 heterocycles. The van der Waals surface area contributed by atoms with Crippen LogP contribution < -0.4 is 10.5 Å². The SMILES string of the molecule is CC(=O)c1cccnc1Oc1ccccc1C(N)=O. The van der Waals surface area contributed by atoms with Gasteiger partial charge in [-0.2, -0.15) is 0 Å². The van der Waals surface area contributed by atoms with Gasteiger partial charge >= 0.3 is 0 Å². The molecule has 0 unspecified atom stereocenters. The first-order valence-corrected chi connectivity index (χ1v) is 5.62. The van der Waals surface area contributed by atoms with Crippen LogP contribution in [0.4, 0.5) is 0 Å². The van der Waals surface area contributed by atoms with Crippen LogP contribution >= 0.6 is 0 Å². The Kier molecular flexibility index (Phi) is 3.56. The Morgan fingerprint density at radius 3 is 2.47 bits per heavy atom. The van der Waals surface area contributed by atoms with Crippen LogP contribution in [0.3, 0.4) is 0 Å². The molecule has 0 spiro atoms. The largest absolute Gasteiger partial charge is 0.437 e. The van der Waals surface area contributed by atoms with E-state index >= 15 is 0 Å². The number of aromatic nitrogens is 1. The van der Waals surface area contributed by atoms with Crippen LogP contribution in [0, 0.1) is 0 Å². The van der Waals surface area contributed by atoms with Crippen molar-refractivity contribution in [1.29, 1.82) is 0 Å². The first-order valence-electron chi connectivity index (χ1n) is 5.62. The number of hydrogen-bond acceptors (Lipinski definition) is 4. The highest BCUT2D eigenvalue weighted by atomic mass is 16.5. The zero-order chi connectivity index (χ0) is 13.8. The van der Waals surface area contributed by atoms with E-state index in [2.05, 4.69) is 4.98 Å². The van der Waals surface area contributed by atoms with E-state index in [0.717, 1.165) is 0 Å². The van der Waals surface area contributed by atoms with E-state index in [0.29, 0.717) is 5.56 Å². The number of carbonyl (C=O) groups is 2. The minimum atomic E-state index is -0.601. The lowest BCUT2D eigenvalue weighted by atomic mass is 10.2. The number of nitrogens with two attached hydrogens (primary N) is 1. The molecule has 5 nitrogen and oxygen atoms in total. The van der Waals surface area contributed by atoms with Crippen molar-refractivity contribution in [3.63, 3.8) is 0 Å². The second-order valence-electron chi connectivity index (χ2n) is 3.87. The van der Waals surface area contributed by atoms with Crippen LogP contribution in [0.5, 0.6) is 11.6 Å². The highest BCUT2D eigenvalue weighted by Crippen LogP contribution is 2.26. The van der Waals surface area contributed by atoms with Crippen molar-refractivity contribution >= 4 is 11.7 Å². The summed E-state index contributed by atoms with van der Waals surface area (Å²) in [6.45, 7) is 1.42. The Hall–Kier alpha value is -2.69. The predicted molar refractivity (Wildman–Crippen MR) is 69.3 cm³/mol. The fourth-order valence-electron chi connectivity index (χ4n) is 1.60. The van der Waals surface area contributed by atoms with Gasteiger partial charge in [-0.05, 0) is 31.2 Å². The van der Waals surface area contributed by atoms with E-state index in [1.807, 2.05) is 0 Å². The minimum Gasteiger partial charge on any atom is -0.437 e. The number of ketones is 1. The molecule has 0 aliphatic heterocycles. The monoisotopic (exact) mass is 256 g/mol. The number of para-hydroxylation sites is 1. The van der Waals surface area contributed by atoms with Crippen molar-refractivity contribution < 1.29 is 14.3 Å². The van der Waals surface area contributed by atoms with E-state index < -0.39 is 5.91 Å². The molecule has 0 atom stereocenters. The molecule has 0 fully saturated rings. The van der Waals surface area contributed by atoms with Gasteiger partial charge in [-0.25, -0.2) is 4.98 Å². The first kappa shape index (κ1) is 12.8. The third-order valence-corrected chi connectivity index (χ3v) is 2.51. The molecule has 1 amide bonds. The van der Waals surface area contributed by atoms with Gasteiger partial charge in [0.25, 0.3) is 5.91 Å². The lowest BCUT2D eigenvalue weighted by Crippen LogP contribution is -2.12. The molecule has 2 N–H and O–H groups in total. The van der Waals surface area contributed by atoms with Crippen LogP contribution in [-0.2, 0) is 0 Å². The third kappa shape index (κ3) is 2.77. The zero-order valence-electron chi connectivity index (χ0n) is 10.3. The maximum absolute atomic E-state index is 11.5. The second kappa shape index (κ2) is 5.30. The van der Waals surface area contributed by atoms with E-state index in [9.17, 15) is 9.59 Å². The Morgan fingerprint density at radius 2 is 1.79 bits per heavy atom. The lowest BCUT2D eigenvalue weighted by molar-refractivity contribution is 0.0996. The number of Topliss-reactive ketones (excluding diaryl/α,β-unsaturated/α-hetero) is 1. The van der Waals surface area contributed by atoms with Crippen LogP contribution in [0.25, 0.3) is 0 Å². The number of pyridine rings is 1. The van der Waals surface area contributed by atoms with Crippen LogP contribution in [0.1, 0.15) is 27.6 Å². The first-order chi connectivity index (χ1) is 9.09. The van der Waals surface area contributed by atoms with Gasteiger partial charge in [0.1, 0.15) is 5.75 Å². The van der Waals surface area contributed by atoms with Crippen LogP contribution in [0.2, 0.25) is 0 Å². The van der Waals surface area contributed by atoms with Gasteiger partial charge < -0.3 is 10.5 Å². The van der Waals surface area contributed by atoms with Crippen LogP contribution in [-0.4, -0.2) is 16.7 Å². The predicted octanol–water partition coefficient (Wildman–Crippen LogP) is 2.18. The van der Waals surface area contributed by atoms with Crippen molar-refractivity contribution in [3.05, 3.63) is 53.7 Å². The van der Waals surface area contributed by atoms with Crippen molar-refractivity contribution in [2.24, 2.45) is 5.73 Å². The Labute approximate surface area is 110 Å². The van der Waals surface area contributed by atoms with Crippen molar-refractivity contribution in [3.8, 4) is 11.6 Å². The summed E-state index contributed by atoms with van der Waals surface area (Å²) < 4.78 is 5.53. The Morgan fingerprint density at radius 1 is 1.11 bits per heavy atom. The third-order valence-electron chi connectivity index (χ3n) is 2.51. The molecular weight excluding hydrogens is 244 g/mol. The van der Waals surface area contributed by atoms with E-state index in [-0.39, 0.29) is 23.0 Å². The summed E-state index contributed by atoms with van der Waals surface area (Å²) in [5, 5.41) is 0. The summed E-state index contributed by atoms with van der Waals surface area (Å²) in [7, 11) is 0. The summed E-state index contributed by atoms with van der Waals surface area (Å²) in [6, 6.07) is 9.78. The molecule has 0 aliphatic carbocycles. The number of ether oxygens (including phenoxy) is 1. The molecule has 2 aromatic rings. The van der Waals surface area contributed by atoms with Gasteiger partial charge in [0.15, 0.2) is 5.78 Å². The Balaban J connectivity index is 2.42. The van der Waals surface area contributed by atoms with Gasteiger partial charge in [0.2, 0.25) is 5.88 Å². The van der Waals surface area contributed by atoms with E-state index in [4.69, 9.17) is 10.5 Å². The molecule has 2 rings (SSSR count). The lowest BCUT2D eigenvalue weighted by Gasteiger charge is -2.10. The van der Waals surface area contributed by atoms with Gasteiger partial charge in [0.05, 0.1) is 11.1 Å². The summed E-state index contributed by atoms with van der Waals surface area (Å²) >= 11 is 0. The molecule has 19 heavy (non-hydrogen) atoms. The zero-order valence-corrected chi connectivity index (χ0v) is 10.3. The summed E-state index contributed by atoms with van der Waals surface area (Å²) in [6.07, 6.45) is 1.51. The number of benzene rings is 1. The molecule has 0 saturated heterocycles. The summed E-state index contributed by atoms with van der Waals surface area (Å²) in [5.74, 6) is -0.338. The minimum absolute atomic E-state index is 0.156. The maximum atomic E-state index is 11.5. The second-order valence-corrected chi connectivity index (χ2v) is 3.87. The summed E-state index contributed by atoms with van der Waals surface area (Å²) in [4.78, 5) is 26.7. The number of primary amides is 1. The number of amides is 1. The Bertz CT molecular complexity index is 583. The average Bonchev–Trinajstić information content (AvgIpc) is 2.39. The smallest absolute Gasteiger partial charge is 0.252 e. The number of rotatable bonds is 4. The van der Waals surface area contributed by atoms with Crippen molar-refractivity contribution in [1.82, 2.24) is 4.98 Å². The fourth-order valence-corrected chi connectivity index (χ4v) is 1.60. The molecule has 0 aliphatic rings. The van der Waals surface area contributed by atoms with Crippen molar-refractivity contribution in [2.45, 2.75) is 6.92 Å². The maximum Gasteiger partial charge on any atom is 0.252 e. The average molecular weight is 256 g/mol. The quantitative estimate of drug-likeness (QED) is 0.850. The van der Waals surface area contributed by atoms with E-state index in [1.165, 1.54) is 13.1 Å². The molecule has 1 aromatic heterocycles. The standard InChI is InChI=1S/C14H12N2O3/c1-9(17)10-6-4-8-16-14(10)19-12-7-3-2-5-11(12)13(15)18/h2-8H,1H3,(H2,15,18). The van der Waals surface area contributed by atoms with Crippen molar-refractivity contribution in [2.75, 3.05) is 0 Å². The number of carbonyl (C=O) groups excluding carboxylic acids is 2. The molecule has 0 bridgehead atoms. The van der Waals surface area contributed by atoms with Gasteiger partial charge in [-0.3, -0.25) is 9.59 Å².